The van der Waals surface area contributed by atoms with Gasteiger partial charge in [-0.3, -0.25) is 4.79 Å². The van der Waals surface area contributed by atoms with Gasteiger partial charge < -0.3 is 10.4 Å². The van der Waals surface area contributed by atoms with Crippen molar-refractivity contribution in [1.29, 1.82) is 0 Å². The zero-order valence-corrected chi connectivity index (χ0v) is 12.5. The minimum atomic E-state index is -0.441. The SMILES string of the molecule is CCc1ccc(C(CO)NC(=O)C#Cc2ccccc2)cc1. The number of aryl methyl sites for hydroxylation is 1. The van der Waals surface area contributed by atoms with Gasteiger partial charge in [0.25, 0.3) is 5.91 Å². The fourth-order valence-corrected chi connectivity index (χ4v) is 2.06. The van der Waals surface area contributed by atoms with Crippen LogP contribution in [0.2, 0.25) is 0 Å². The maximum absolute atomic E-state index is 11.9. The fourth-order valence-electron chi connectivity index (χ4n) is 2.06. The average Bonchev–Trinajstić information content (AvgIpc) is 2.59. The highest BCUT2D eigenvalue weighted by Crippen LogP contribution is 2.13. The molecule has 0 fully saturated rings. The highest BCUT2D eigenvalue weighted by atomic mass is 16.3. The monoisotopic (exact) mass is 293 g/mol. The Balaban J connectivity index is 2.03. The van der Waals surface area contributed by atoms with Crippen LogP contribution >= 0.6 is 0 Å². The molecular weight excluding hydrogens is 274 g/mol. The lowest BCUT2D eigenvalue weighted by molar-refractivity contribution is -0.116. The van der Waals surface area contributed by atoms with Crippen molar-refractivity contribution in [2.45, 2.75) is 19.4 Å². The van der Waals surface area contributed by atoms with Crippen molar-refractivity contribution < 1.29 is 9.90 Å². The second-order valence-electron chi connectivity index (χ2n) is 4.92. The van der Waals surface area contributed by atoms with E-state index in [2.05, 4.69) is 24.1 Å². The maximum Gasteiger partial charge on any atom is 0.296 e. The normalized spacial score (nSPS) is 11.2. The number of aliphatic hydroxyl groups excluding tert-OH is 1. The van der Waals surface area contributed by atoms with Crippen LogP contribution in [-0.4, -0.2) is 17.6 Å². The molecule has 0 bridgehead atoms. The predicted octanol–water partition coefficient (Wildman–Crippen LogP) is 2.45. The smallest absolute Gasteiger partial charge is 0.296 e. The lowest BCUT2D eigenvalue weighted by Gasteiger charge is -2.15. The molecule has 0 saturated heterocycles. The van der Waals surface area contributed by atoms with Gasteiger partial charge in [-0.25, -0.2) is 0 Å². The molecular formula is C19H19NO2. The lowest BCUT2D eigenvalue weighted by Crippen LogP contribution is -2.29. The molecule has 3 heteroatoms. The summed E-state index contributed by atoms with van der Waals surface area (Å²) in [5.74, 6) is 4.94. The first kappa shape index (κ1) is 15.8. The number of hydrogen-bond donors (Lipinski definition) is 2. The number of amides is 1. The van der Waals surface area contributed by atoms with Gasteiger partial charge >= 0.3 is 0 Å². The Bertz CT molecular complexity index is 666. The van der Waals surface area contributed by atoms with E-state index in [1.165, 1.54) is 5.56 Å². The van der Waals surface area contributed by atoms with Crippen LogP contribution in [0.3, 0.4) is 0 Å². The van der Waals surface area contributed by atoms with Gasteiger partial charge in [0, 0.05) is 11.5 Å². The van der Waals surface area contributed by atoms with Crippen molar-refractivity contribution in [2.24, 2.45) is 0 Å². The summed E-state index contributed by atoms with van der Waals surface area (Å²) in [5.41, 5.74) is 2.87. The van der Waals surface area contributed by atoms with Gasteiger partial charge in [0.05, 0.1) is 12.6 Å². The summed E-state index contributed by atoms with van der Waals surface area (Å²) in [5, 5.41) is 12.2. The van der Waals surface area contributed by atoms with E-state index in [1.54, 1.807) is 0 Å². The van der Waals surface area contributed by atoms with Crippen LogP contribution in [0.4, 0.5) is 0 Å². The van der Waals surface area contributed by atoms with Crippen molar-refractivity contribution in [3.8, 4) is 11.8 Å². The van der Waals surface area contributed by atoms with Gasteiger partial charge in [-0.2, -0.15) is 0 Å². The van der Waals surface area contributed by atoms with E-state index in [0.717, 1.165) is 17.5 Å². The fraction of sp³-hybridized carbons (Fsp3) is 0.211. The van der Waals surface area contributed by atoms with Crippen LogP contribution in [0.25, 0.3) is 0 Å². The predicted molar refractivity (Wildman–Crippen MR) is 87.1 cm³/mol. The molecule has 1 unspecified atom stereocenters. The van der Waals surface area contributed by atoms with Crippen LogP contribution in [-0.2, 0) is 11.2 Å². The zero-order valence-electron chi connectivity index (χ0n) is 12.5. The van der Waals surface area contributed by atoms with Crippen LogP contribution < -0.4 is 5.32 Å². The number of rotatable bonds is 4. The largest absolute Gasteiger partial charge is 0.394 e. The number of benzene rings is 2. The van der Waals surface area contributed by atoms with E-state index in [9.17, 15) is 9.90 Å². The summed E-state index contributed by atoms with van der Waals surface area (Å²) in [4.78, 5) is 11.9. The molecule has 1 amide bonds. The van der Waals surface area contributed by atoms with E-state index in [4.69, 9.17) is 0 Å². The number of nitrogens with one attached hydrogen (secondary N) is 1. The van der Waals surface area contributed by atoms with Crippen LogP contribution in [0.1, 0.15) is 29.7 Å². The summed E-state index contributed by atoms with van der Waals surface area (Å²) in [7, 11) is 0. The molecule has 22 heavy (non-hydrogen) atoms. The Morgan fingerprint density at radius 2 is 1.82 bits per heavy atom. The Morgan fingerprint density at radius 1 is 1.14 bits per heavy atom. The van der Waals surface area contributed by atoms with E-state index >= 15 is 0 Å². The van der Waals surface area contributed by atoms with Crippen LogP contribution in [0.5, 0.6) is 0 Å². The zero-order chi connectivity index (χ0) is 15.8. The molecule has 0 spiro atoms. The first-order chi connectivity index (χ1) is 10.7. The molecule has 2 rings (SSSR count). The molecule has 0 aliphatic rings. The number of hydrogen-bond acceptors (Lipinski definition) is 2. The van der Waals surface area contributed by atoms with Crippen molar-refractivity contribution >= 4 is 5.91 Å². The second-order valence-corrected chi connectivity index (χ2v) is 4.92. The van der Waals surface area contributed by atoms with Gasteiger partial charge in [-0.1, -0.05) is 55.3 Å². The van der Waals surface area contributed by atoms with E-state index in [-0.39, 0.29) is 6.61 Å². The third kappa shape index (κ3) is 4.47. The summed E-state index contributed by atoms with van der Waals surface area (Å²) in [6.45, 7) is 1.92. The van der Waals surface area contributed by atoms with Crippen molar-refractivity contribution in [1.82, 2.24) is 5.32 Å². The number of carbonyl (C=O) groups excluding carboxylic acids is 1. The van der Waals surface area contributed by atoms with Gasteiger partial charge in [0.15, 0.2) is 0 Å². The summed E-state index contributed by atoms with van der Waals surface area (Å²) >= 11 is 0. The summed E-state index contributed by atoms with van der Waals surface area (Å²) in [6.07, 6.45) is 0.957. The second kappa shape index (κ2) is 8.02. The highest BCUT2D eigenvalue weighted by Gasteiger charge is 2.12. The van der Waals surface area contributed by atoms with E-state index in [0.29, 0.717) is 0 Å². The van der Waals surface area contributed by atoms with Crippen molar-refractivity contribution in [3.05, 3.63) is 71.3 Å². The molecule has 0 aromatic heterocycles. The van der Waals surface area contributed by atoms with Gasteiger partial charge in [0.2, 0.25) is 0 Å². The van der Waals surface area contributed by atoms with E-state index in [1.807, 2.05) is 54.6 Å². The highest BCUT2D eigenvalue weighted by molar-refractivity contribution is 5.94. The maximum atomic E-state index is 11.9. The minimum absolute atomic E-state index is 0.162. The molecule has 3 nitrogen and oxygen atoms in total. The average molecular weight is 293 g/mol. The van der Waals surface area contributed by atoms with Crippen molar-refractivity contribution in [3.63, 3.8) is 0 Å². The van der Waals surface area contributed by atoms with Gasteiger partial charge in [0.1, 0.15) is 0 Å². The lowest BCUT2D eigenvalue weighted by atomic mass is 10.0. The molecule has 2 N–H and O–H groups in total. The number of carbonyl (C=O) groups is 1. The van der Waals surface area contributed by atoms with Crippen LogP contribution in [0, 0.1) is 11.8 Å². The molecule has 0 aliphatic carbocycles. The Morgan fingerprint density at radius 3 is 2.41 bits per heavy atom. The topological polar surface area (TPSA) is 49.3 Å². The molecule has 2 aromatic carbocycles. The van der Waals surface area contributed by atoms with Gasteiger partial charge in [-0.15, -0.1) is 0 Å². The molecule has 0 saturated carbocycles. The number of aliphatic hydroxyl groups is 1. The third-order valence-corrected chi connectivity index (χ3v) is 3.37. The third-order valence-electron chi connectivity index (χ3n) is 3.37. The van der Waals surface area contributed by atoms with Crippen LogP contribution in [0.15, 0.2) is 54.6 Å². The molecule has 0 aliphatic heterocycles. The first-order valence-corrected chi connectivity index (χ1v) is 7.30. The first-order valence-electron chi connectivity index (χ1n) is 7.30. The molecule has 0 heterocycles. The molecule has 0 radical (unpaired) electrons. The minimum Gasteiger partial charge on any atom is -0.394 e. The van der Waals surface area contributed by atoms with E-state index < -0.39 is 11.9 Å². The molecule has 2 aromatic rings. The Labute approximate surface area is 131 Å². The summed E-state index contributed by atoms with van der Waals surface area (Å²) in [6, 6.07) is 16.7. The Kier molecular flexibility index (Phi) is 5.76. The summed E-state index contributed by atoms with van der Waals surface area (Å²) < 4.78 is 0. The van der Waals surface area contributed by atoms with Gasteiger partial charge in [-0.05, 0) is 29.7 Å². The molecule has 1 atom stereocenters. The quantitative estimate of drug-likeness (QED) is 0.851. The Hall–Kier alpha value is -2.57. The van der Waals surface area contributed by atoms with Crippen molar-refractivity contribution in [2.75, 3.05) is 6.61 Å². The molecule has 112 valence electrons. The standard InChI is InChI=1S/C19H19NO2/c1-2-15-8-11-17(12-9-15)18(14-21)20-19(22)13-10-16-6-4-3-5-7-16/h3-9,11-12,18,21H,2,14H2,1H3,(H,20,22).